The van der Waals surface area contributed by atoms with Crippen LogP contribution in [-0.2, 0) is 11.2 Å². The molecule has 1 aromatic rings. The lowest BCUT2D eigenvalue weighted by molar-refractivity contribution is -0.121. The molecule has 0 radical (unpaired) electrons. The van der Waals surface area contributed by atoms with Gasteiger partial charge in [-0.2, -0.15) is 0 Å². The molecule has 0 heterocycles. The van der Waals surface area contributed by atoms with Gasteiger partial charge in [-0.1, -0.05) is 30.2 Å². The number of hydrogen-bond donors (Lipinski definition) is 1. The van der Waals surface area contributed by atoms with Crippen LogP contribution in [0.2, 0.25) is 5.02 Å². The zero-order valence-electron chi connectivity index (χ0n) is 10.4. The molecule has 96 valence electrons. The van der Waals surface area contributed by atoms with Crippen LogP contribution in [0, 0.1) is 11.8 Å². The van der Waals surface area contributed by atoms with E-state index in [2.05, 4.69) is 5.32 Å². The van der Waals surface area contributed by atoms with Gasteiger partial charge in [0.05, 0.1) is 6.42 Å². The number of nitrogens with one attached hydrogen (secondary N) is 1. The first-order valence-corrected chi connectivity index (χ1v) is 7.12. The molecule has 2 fully saturated rings. The number of rotatable bonds is 3. The summed E-state index contributed by atoms with van der Waals surface area (Å²) < 4.78 is 0. The topological polar surface area (TPSA) is 29.1 Å². The summed E-state index contributed by atoms with van der Waals surface area (Å²) in [6.07, 6.45) is 5.61. The average molecular weight is 264 g/mol. The predicted octanol–water partition coefficient (Wildman–Crippen LogP) is 3.19. The van der Waals surface area contributed by atoms with E-state index in [1.807, 2.05) is 24.3 Å². The summed E-state index contributed by atoms with van der Waals surface area (Å²) in [5, 5.41) is 3.89. The molecule has 3 rings (SSSR count). The lowest BCUT2D eigenvalue weighted by Gasteiger charge is -2.22. The van der Waals surface area contributed by atoms with Gasteiger partial charge in [0.15, 0.2) is 0 Å². The Morgan fingerprint density at radius 2 is 2.22 bits per heavy atom. The number of carbonyl (C=O) groups is 1. The van der Waals surface area contributed by atoms with Crippen molar-refractivity contribution in [3.8, 4) is 0 Å². The number of benzene rings is 1. The first-order valence-electron chi connectivity index (χ1n) is 6.74. The highest BCUT2D eigenvalue weighted by Gasteiger charge is 2.39. The fraction of sp³-hybridized carbons (Fsp3) is 0.533. The van der Waals surface area contributed by atoms with Gasteiger partial charge in [-0.25, -0.2) is 0 Å². The molecule has 1 aromatic carbocycles. The minimum atomic E-state index is 0.134. The summed E-state index contributed by atoms with van der Waals surface area (Å²) in [4.78, 5) is 12.0. The number of halogens is 1. The van der Waals surface area contributed by atoms with Gasteiger partial charge in [0, 0.05) is 11.1 Å². The van der Waals surface area contributed by atoms with Crippen molar-refractivity contribution in [3.63, 3.8) is 0 Å². The zero-order chi connectivity index (χ0) is 12.5. The second-order valence-corrected chi connectivity index (χ2v) is 6.09. The lowest BCUT2D eigenvalue weighted by atomic mass is 9.95. The maximum Gasteiger partial charge on any atom is 0.224 e. The van der Waals surface area contributed by atoms with Crippen molar-refractivity contribution in [1.82, 2.24) is 5.32 Å². The Morgan fingerprint density at radius 1 is 1.33 bits per heavy atom. The molecule has 3 atom stereocenters. The van der Waals surface area contributed by atoms with E-state index in [0.29, 0.717) is 17.5 Å². The van der Waals surface area contributed by atoms with Crippen LogP contribution < -0.4 is 5.32 Å². The number of carbonyl (C=O) groups excluding carboxylic acids is 1. The highest BCUT2D eigenvalue weighted by Crippen LogP contribution is 2.44. The molecule has 1 amide bonds. The van der Waals surface area contributed by atoms with Crippen LogP contribution in [0.4, 0.5) is 0 Å². The van der Waals surface area contributed by atoms with Crippen molar-refractivity contribution in [2.45, 2.75) is 38.1 Å². The van der Waals surface area contributed by atoms with Crippen LogP contribution in [0.3, 0.4) is 0 Å². The third-order valence-corrected chi connectivity index (χ3v) is 4.57. The summed E-state index contributed by atoms with van der Waals surface area (Å²) in [5.41, 5.74) is 0.989. The number of fused-ring (bicyclic) bond motifs is 2. The number of amides is 1. The molecule has 0 saturated heterocycles. The van der Waals surface area contributed by atoms with E-state index in [4.69, 9.17) is 11.6 Å². The first-order chi connectivity index (χ1) is 8.70. The van der Waals surface area contributed by atoms with E-state index >= 15 is 0 Å². The van der Waals surface area contributed by atoms with Crippen LogP contribution in [-0.4, -0.2) is 11.9 Å². The Labute approximate surface area is 113 Å². The molecule has 18 heavy (non-hydrogen) atoms. The van der Waals surface area contributed by atoms with Gasteiger partial charge in [0.1, 0.15) is 0 Å². The molecular weight excluding hydrogens is 246 g/mol. The van der Waals surface area contributed by atoms with Gasteiger partial charge in [-0.15, -0.1) is 0 Å². The summed E-state index contributed by atoms with van der Waals surface area (Å²) >= 11 is 5.92. The predicted molar refractivity (Wildman–Crippen MR) is 72.5 cm³/mol. The maximum atomic E-state index is 12.0. The Bertz CT molecular complexity index is 460. The van der Waals surface area contributed by atoms with Crippen molar-refractivity contribution in [3.05, 3.63) is 34.9 Å². The fourth-order valence-corrected chi connectivity index (χ4v) is 3.72. The van der Waals surface area contributed by atoms with Gasteiger partial charge in [-0.05, 0) is 48.8 Å². The van der Waals surface area contributed by atoms with Gasteiger partial charge in [0.2, 0.25) is 5.91 Å². The molecule has 2 aliphatic rings. The zero-order valence-corrected chi connectivity index (χ0v) is 11.1. The quantitative estimate of drug-likeness (QED) is 0.892. The molecule has 0 spiro atoms. The van der Waals surface area contributed by atoms with Crippen molar-refractivity contribution >= 4 is 17.5 Å². The first kappa shape index (κ1) is 12.0. The van der Waals surface area contributed by atoms with E-state index in [0.717, 1.165) is 17.4 Å². The molecule has 2 aliphatic carbocycles. The maximum absolute atomic E-state index is 12.0. The third kappa shape index (κ3) is 2.54. The van der Waals surface area contributed by atoms with Crippen LogP contribution in [0.1, 0.15) is 31.2 Å². The summed E-state index contributed by atoms with van der Waals surface area (Å²) in [5.74, 6) is 1.74. The fourth-order valence-electron chi connectivity index (χ4n) is 3.51. The SMILES string of the molecule is O=C(Cc1cccc(Cl)c1)NC1CC2CCC1C2. The Hall–Kier alpha value is -1.02. The standard InChI is InChI=1S/C15H18ClNO/c16-13-3-1-2-10(7-13)9-15(18)17-14-8-11-4-5-12(14)6-11/h1-3,7,11-12,14H,4-6,8-9H2,(H,17,18). The number of hydrogen-bond acceptors (Lipinski definition) is 1. The Balaban J connectivity index is 1.56. The van der Waals surface area contributed by atoms with Crippen molar-refractivity contribution in [2.24, 2.45) is 11.8 Å². The van der Waals surface area contributed by atoms with Crippen molar-refractivity contribution in [2.75, 3.05) is 0 Å². The summed E-state index contributed by atoms with van der Waals surface area (Å²) in [6, 6.07) is 7.96. The Kier molecular flexibility index (Phi) is 3.29. The molecule has 2 saturated carbocycles. The van der Waals surface area contributed by atoms with E-state index in [1.54, 1.807) is 0 Å². The molecule has 1 N–H and O–H groups in total. The highest BCUT2D eigenvalue weighted by atomic mass is 35.5. The molecular formula is C15H18ClNO. The second-order valence-electron chi connectivity index (χ2n) is 5.66. The van der Waals surface area contributed by atoms with Gasteiger partial charge in [-0.3, -0.25) is 4.79 Å². The van der Waals surface area contributed by atoms with Crippen LogP contribution >= 0.6 is 11.6 Å². The minimum absolute atomic E-state index is 0.134. The van der Waals surface area contributed by atoms with Gasteiger partial charge in [0.25, 0.3) is 0 Å². The summed E-state index contributed by atoms with van der Waals surface area (Å²) in [6.45, 7) is 0. The normalized spacial score (nSPS) is 29.5. The van der Waals surface area contributed by atoms with E-state index < -0.39 is 0 Å². The largest absolute Gasteiger partial charge is 0.353 e. The molecule has 0 aliphatic heterocycles. The summed E-state index contributed by atoms with van der Waals surface area (Å²) in [7, 11) is 0. The van der Waals surface area contributed by atoms with Crippen molar-refractivity contribution in [1.29, 1.82) is 0 Å². The lowest BCUT2D eigenvalue weighted by Crippen LogP contribution is -2.39. The van der Waals surface area contributed by atoms with E-state index in [9.17, 15) is 4.79 Å². The highest BCUT2D eigenvalue weighted by molar-refractivity contribution is 6.30. The minimum Gasteiger partial charge on any atom is -0.353 e. The third-order valence-electron chi connectivity index (χ3n) is 4.34. The van der Waals surface area contributed by atoms with Crippen LogP contribution in [0.15, 0.2) is 24.3 Å². The molecule has 2 nitrogen and oxygen atoms in total. The molecule has 2 bridgehead atoms. The monoisotopic (exact) mass is 263 g/mol. The van der Waals surface area contributed by atoms with Crippen molar-refractivity contribution < 1.29 is 4.79 Å². The van der Waals surface area contributed by atoms with E-state index in [1.165, 1.54) is 25.7 Å². The molecule has 0 aromatic heterocycles. The Morgan fingerprint density at radius 3 is 2.89 bits per heavy atom. The second kappa shape index (κ2) is 4.93. The smallest absolute Gasteiger partial charge is 0.224 e. The van der Waals surface area contributed by atoms with Gasteiger partial charge >= 0.3 is 0 Å². The van der Waals surface area contributed by atoms with Gasteiger partial charge < -0.3 is 5.32 Å². The van der Waals surface area contributed by atoms with Crippen LogP contribution in [0.5, 0.6) is 0 Å². The van der Waals surface area contributed by atoms with E-state index in [-0.39, 0.29) is 5.91 Å². The van der Waals surface area contributed by atoms with Crippen LogP contribution in [0.25, 0.3) is 0 Å². The molecule has 3 unspecified atom stereocenters. The average Bonchev–Trinajstić information content (AvgIpc) is 2.90. The molecule has 3 heteroatoms.